The van der Waals surface area contributed by atoms with E-state index in [1.165, 1.54) is 28.4 Å². The van der Waals surface area contributed by atoms with Crippen LogP contribution < -0.4 is 9.64 Å². The van der Waals surface area contributed by atoms with Crippen LogP contribution in [-0.4, -0.2) is 49.3 Å². The Kier molecular flexibility index (Phi) is 8.99. The van der Waals surface area contributed by atoms with E-state index >= 15 is 0 Å². The molecule has 0 spiro atoms. The second kappa shape index (κ2) is 12.6. The number of carbonyl (C=O) groups excluding carboxylic acids is 2. The number of thiophene rings is 1. The number of carbonyl (C=O) groups is 2. The van der Waals surface area contributed by atoms with Crippen LogP contribution in [0.5, 0.6) is 11.5 Å². The fourth-order valence-electron chi connectivity index (χ4n) is 3.86. The molecule has 0 atom stereocenters. The molecule has 6 nitrogen and oxygen atoms in total. The van der Waals surface area contributed by atoms with Gasteiger partial charge in [-0.25, -0.2) is 4.39 Å². The molecule has 196 valence electrons. The van der Waals surface area contributed by atoms with Crippen molar-refractivity contribution >= 4 is 45.0 Å². The van der Waals surface area contributed by atoms with Gasteiger partial charge in [0, 0.05) is 42.8 Å². The monoisotopic (exact) mass is 531 g/mol. The molecule has 0 fully saturated rings. The van der Waals surface area contributed by atoms with E-state index in [0.717, 1.165) is 28.1 Å². The minimum atomic E-state index is -0.576. The lowest BCUT2D eigenvalue weighted by Crippen LogP contribution is -2.28. The third kappa shape index (κ3) is 7.12. The summed E-state index contributed by atoms with van der Waals surface area (Å²) >= 11 is 1.53. The Labute approximate surface area is 226 Å². The van der Waals surface area contributed by atoms with Crippen molar-refractivity contribution in [3.8, 4) is 11.5 Å². The highest BCUT2D eigenvalue weighted by molar-refractivity contribution is 7.20. The first-order chi connectivity index (χ1) is 18.3. The number of halogens is 1. The molecule has 0 bridgehead atoms. The summed E-state index contributed by atoms with van der Waals surface area (Å²) in [5.41, 5.74) is 1.98. The molecular formula is C30H30FN3O3S. The van der Waals surface area contributed by atoms with Gasteiger partial charge in [-0.15, -0.1) is 11.3 Å². The van der Waals surface area contributed by atoms with Crippen LogP contribution in [0, 0.1) is 5.82 Å². The molecular weight excluding hydrogens is 501 g/mol. The Bertz CT molecular complexity index is 1450. The van der Waals surface area contributed by atoms with Crippen LogP contribution in [0.2, 0.25) is 0 Å². The molecule has 0 radical (unpaired) electrons. The third-order valence-electron chi connectivity index (χ3n) is 5.90. The number of amides is 1. The topological polar surface area (TPSA) is 62.7 Å². The fraction of sp³-hybridized carbons (Fsp3) is 0.233. The maximum absolute atomic E-state index is 14.9. The first-order valence-corrected chi connectivity index (χ1v) is 13.1. The van der Waals surface area contributed by atoms with Gasteiger partial charge in [0.1, 0.15) is 11.5 Å². The minimum Gasteiger partial charge on any atom is -0.453 e. The molecule has 0 saturated carbocycles. The normalized spacial score (nSPS) is 11.4. The van der Waals surface area contributed by atoms with Gasteiger partial charge in [0.05, 0.1) is 16.6 Å². The molecule has 1 amide bonds. The number of Topliss-reactive ketones (excluding diaryl/α,β-unsaturated/α-hetero) is 1. The molecule has 38 heavy (non-hydrogen) atoms. The van der Waals surface area contributed by atoms with Gasteiger partial charge in [-0.1, -0.05) is 30.3 Å². The van der Waals surface area contributed by atoms with E-state index in [2.05, 4.69) is 22.0 Å². The molecule has 2 heterocycles. The summed E-state index contributed by atoms with van der Waals surface area (Å²) in [7, 11) is 5.71. The largest absolute Gasteiger partial charge is 0.453 e. The molecule has 4 aromatic rings. The number of aromatic nitrogens is 1. The van der Waals surface area contributed by atoms with E-state index in [-0.39, 0.29) is 30.3 Å². The number of ether oxygens (including phenoxy) is 1. The summed E-state index contributed by atoms with van der Waals surface area (Å²) in [4.78, 5) is 34.0. The van der Waals surface area contributed by atoms with Gasteiger partial charge in [-0.2, -0.15) is 0 Å². The second-order valence-electron chi connectivity index (χ2n) is 9.21. The lowest BCUT2D eigenvalue weighted by molar-refractivity contribution is -0.126. The van der Waals surface area contributed by atoms with Crippen LogP contribution in [0.3, 0.4) is 0 Å². The van der Waals surface area contributed by atoms with Crippen molar-refractivity contribution in [2.45, 2.75) is 19.3 Å². The number of pyridine rings is 1. The van der Waals surface area contributed by atoms with Gasteiger partial charge in [-0.3, -0.25) is 14.6 Å². The Morgan fingerprint density at radius 1 is 1.03 bits per heavy atom. The van der Waals surface area contributed by atoms with Crippen molar-refractivity contribution in [2.75, 3.05) is 32.6 Å². The highest BCUT2D eigenvalue weighted by Gasteiger charge is 2.17. The van der Waals surface area contributed by atoms with E-state index in [1.54, 1.807) is 37.5 Å². The minimum absolute atomic E-state index is 0.0421. The average Bonchev–Trinajstić information content (AvgIpc) is 3.32. The standard InChI is InChI=1S/C30H30FN3O3S/c1-33(2)16-8-7-11-24-20-26-30(38-24)28(14-15-32-26)37-27-13-12-21(18-25(27)31)17-23(35)19-29(36)34(3)22-9-5-4-6-10-22/h4-7,9-15,18,20H,8,16-17,19H2,1-3H3/b11-7-. The number of rotatable bonds is 11. The lowest BCUT2D eigenvalue weighted by atomic mass is 10.1. The van der Waals surface area contributed by atoms with Gasteiger partial charge in [-0.05, 0) is 62.5 Å². The van der Waals surface area contributed by atoms with E-state index in [4.69, 9.17) is 4.74 Å². The van der Waals surface area contributed by atoms with E-state index in [9.17, 15) is 14.0 Å². The number of anilines is 1. The maximum atomic E-state index is 14.9. The molecule has 2 aromatic carbocycles. The van der Waals surface area contributed by atoms with Gasteiger partial charge < -0.3 is 14.5 Å². The van der Waals surface area contributed by atoms with Crippen molar-refractivity contribution < 1.29 is 18.7 Å². The average molecular weight is 532 g/mol. The lowest BCUT2D eigenvalue weighted by Gasteiger charge is -2.16. The summed E-state index contributed by atoms with van der Waals surface area (Å²) in [6.45, 7) is 0.968. The van der Waals surface area contributed by atoms with Crippen LogP contribution in [0.1, 0.15) is 23.3 Å². The Morgan fingerprint density at radius 3 is 2.55 bits per heavy atom. The SMILES string of the molecule is CN(C)CC/C=C\c1cc2nccc(Oc3ccc(CC(=O)CC(=O)N(C)c4ccccc4)cc3F)c2s1. The fourth-order valence-corrected chi connectivity index (χ4v) is 4.85. The predicted octanol–water partition coefficient (Wildman–Crippen LogP) is 6.36. The number of nitrogens with zero attached hydrogens (tertiary/aromatic N) is 3. The molecule has 8 heteroatoms. The number of hydrogen-bond acceptors (Lipinski definition) is 6. The number of fused-ring (bicyclic) bond motifs is 1. The number of para-hydroxylation sites is 1. The van der Waals surface area contributed by atoms with E-state index in [0.29, 0.717) is 17.0 Å². The number of benzene rings is 2. The summed E-state index contributed by atoms with van der Waals surface area (Å²) < 4.78 is 21.7. The molecule has 0 N–H and O–H groups in total. The second-order valence-corrected chi connectivity index (χ2v) is 10.3. The summed E-state index contributed by atoms with van der Waals surface area (Å²) in [5, 5.41) is 0. The maximum Gasteiger partial charge on any atom is 0.234 e. The Morgan fingerprint density at radius 2 is 1.82 bits per heavy atom. The van der Waals surface area contributed by atoms with Gasteiger partial charge in [0.2, 0.25) is 5.91 Å². The van der Waals surface area contributed by atoms with Crippen LogP contribution in [-0.2, 0) is 16.0 Å². The Balaban J connectivity index is 1.40. The smallest absolute Gasteiger partial charge is 0.234 e. The highest BCUT2D eigenvalue weighted by Crippen LogP contribution is 2.36. The van der Waals surface area contributed by atoms with Crippen molar-refractivity contribution in [3.05, 3.63) is 89.2 Å². The van der Waals surface area contributed by atoms with Gasteiger partial charge >= 0.3 is 0 Å². The van der Waals surface area contributed by atoms with Crippen molar-refractivity contribution in [1.82, 2.24) is 9.88 Å². The van der Waals surface area contributed by atoms with Crippen LogP contribution in [0.25, 0.3) is 16.3 Å². The van der Waals surface area contributed by atoms with E-state index in [1.807, 2.05) is 38.4 Å². The molecule has 0 aliphatic heterocycles. The van der Waals surface area contributed by atoms with Gasteiger partial charge in [0.15, 0.2) is 11.6 Å². The zero-order valence-corrected chi connectivity index (χ0v) is 22.5. The summed E-state index contributed by atoms with van der Waals surface area (Å²) in [5.74, 6) is -0.596. The number of ketones is 1. The van der Waals surface area contributed by atoms with Crippen LogP contribution in [0.4, 0.5) is 10.1 Å². The molecule has 0 unspecified atom stereocenters. The van der Waals surface area contributed by atoms with Gasteiger partial charge in [0.25, 0.3) is 0 Å². The first kappa shape index (κ1) is 27.2. The van der Waals surface area contributed by atoms with Crippen LogP contribution in [0.15, 0.2) is 72.9 Å². The van der Waals surface area contributed by atoms with Crippen molar-refractivity contribution in [2.24, 2.45) is 0 Å². The highest BCUT2D eigenvalue weighted by atomic mass is 32.1. The zero-order chi connectivity index (χ0) is 27.1. The molecule has 0 aliphatic carbocycles. The van der Waals surface area contributed by atoms with Crippen molar-refractivity contribution in [3.63, 3.8) is 0 Å². The first-order valence-electron chi connectivity index (χ1n) is 12.3. The number of hydrogen-bond donors (Lipinski definition) is 0. The summed E-state index contributed by atoms with van der Waals surface area (Å²) in [6, 6.07) is 17.2. The molecule has 0 saturated heterocycles. The molecule has 4 rings (SSSR count). The van der Waals surface area contributed by atoms with Crippen molar-refractivity contribution in [1.29, 1.82) is 0 Å². The van der Waals surface area contributed by atoms with E-state index < -0.39 is 5.82 Å². The zero-order valence-electron chi connectivity index (χ0n) is 21.7. The predicted molar refractivity (Wildman–Crippen MR) is 151 cm³/mol. The molecule has 2 aromatic heterocycles. The Hall–Kier alpha value is -3.88. The quantitative estimate of drug-likeness (QED) is 0.211. The molecule has 0 aliphatic rings. The summed E-state index contributed by atoms with van der Waals surface area (Å²) in [6.07, 6.45) is 6.46. The van der Waals surface area contributed by atoms with Crippen LogP contribution >= 0.6 is 11.3 Å². The third-order valence-corrected chi connectivity index (χ3v) is 7.01.